The fourth-order valence-corrected chi connectivity index (χ4v) is 2.67. The quantitative estimate of drug-likeness (QED) is 0.749. The number of nitrogens with zero attached hydrogens (tertiary/aromatic N) is 2. The van der Waals surface area contributed by atoms with Crippen LogP contribution in [0.3, 0.4) is 0 Å². The van der Waals surface area contributed by atoms with Gasteiger partial charge in [0.05, 0.1) is 22.6 Å². The van der Waals surface area contributed by atoms with Crippen molar-refractivity contribution in [1.82, 2.24) is 9.55 Å². The first kappa shape index (κ1) is 14.7. The van der Waals surface area contributed by atoms with Crippen molar-refractivity contribution in [2.45, 2.75) is 20.4 Å². The second kappa shape index (κ2) is 5.50. The third kappa shape index (κ3) is 2.60. The van der Waals surface area contributed by atoms with E-state index in [9.17, 15) is 4.39 Å². The Kier molecular flexibility index (Phi) is 3.66. The average molecular weight is 313 g/mol. The van der Waals surface area contributed by atoms with Crippen molar-refractivity contribution < 1.29 is 4.39 Å². The van der Waals surface area contributed by atoms with Gasteiger partial charge < -0.3 is 10.3 Å². The Morgan fingerprint density at radius 3 is 2.64 bits per heavy atom. The Hall–Kier alpha value is -2.27. The molecule has 0 aliphatic rings. The van der Waals surface area contributed by atoms with Crippen LogP contribution in [0.1, 0.15) is 11.1 Å². The van der Waals surface area contributed by atoms with E-state index in [2.05, 4.69) is 18.0 Å². The van der Waals surface area contributed by atoms with E-state index in [1.54, 1.807) is 6.07 Å². The van der Waals surface area contributed by atoms with E-state index < -0.39 is 0 Å². The van der Waals surface area contributed by atoms with Gasteiger partial charge in [0.15, 0.2) is 0 Å². The summed E-state index contributed by atoms with van der Waals surface area (Å²) in [5.74, 6) is 0.381. The Labute approximate surface area is 133 Å². The number of benzene rings is 2. The van der Waals surface area contributed by atoms with Gasteiger partial charge in [0.2, 0.25) is 0 Å². The lowest BCUT2D eigenvalue weighted by molar-refractivity contribution is 0.628. The second-order valence-electron chi connectivity index (χ2n) is 5.42. The molecule has 22 heavy (non-hydrogen) atoms. The van der Waals surface area contributed by atoms with E-state index in [4.69, 9.17) is 18.0 Å². The summed E-state index contributed by atoms with van der Waals surface area (Å²) in [5, 5.41) is 0. The number of hydrogen-bond acceptors (Lipinski definition) is 2. The summed E-state index contributed by atoms with van der Waals surface area (Å²) in [6.45, 7) is 4.47. The largest absolute Gasteiger partial charge is 0.392 e. The van der Waals surface area contributed by atoms with E-state index in [1.807, 2.05) is 23.6 Å². The van der Waals surface area contributed by atoms with E-state index in [0.717, 1.165) is 11.0 Å². The lowest BCUT2D eigenvalue weighted by atomic mass is 10.1. The molecule has 1 aromatic heterocycles. The monoisotopic (exact) mass is 313 g/mol. The van der Waals surface area contributed by atoms with Crippen molar-refractivity contribution in [3.63, 3.8) is 0 Å². The van der Waals surface area contributed by atoms with Crippen molar-refractivity contribution in [2.75, 3.05) is 0 Å². The van der Waals surface area contributed by atoms with E-state index >= 15 is 0 Å². The highest BCUT2D eigenvalue weighted by Gasteiger charge is 2.14. The minimum Gasteiger partial charge on any atom is -0.392 e. The number of hydrogen-bond donors (Lipinski definition) is 1. The molecule has 0 aliphatic heterocycles. The average Bonchev–Trinajstić information content (AvgIpc) is 2.77. The van der Waals surface area contributed by atoms with E-state index in [0.29, 0.717) is 22.9 Å². The summed E-state index contributed by atoms with van der Waals surface area (Å²) >= 11 is 5.06. The van der Waals surface area contributed by atoms with Gasteiger partial charge in [0, 0.05) is 5.56 Å². The zero-order chi connectivity index (χ0) is 15.9. The molecular formula is C17H16FN3S. The lowest BCUT2D eigenvalue weighted by Gasteiger charge is -2.09. The summed E-state index contributed by atoms with van der Waals surface area (Å²) in [6.07, 6.45) is 0. The number of thiocarbonyl (C=S) groups is 1. The fraction of sp³-hybridized carbons (Fsp3) is 0.176. The van der Waals surface area contributed by atoms with E-state index in [-0.39, 0.29) is 5.82 Å². The van der Waals surface area contributed by atoms with Crippen LogP contribution in [0.4, 0.5) is 4.39 Å². The van der Waals surface area contributed by atoms with Gasteiger partial charge in [-0.3, -0.25) is 0 Å². The molecule has 3 rings (SSSR count). The molecule has 3 aromatic rings. The zero-order valence-electron chi connectivity index (χ0n) is 12.4. The highest BCUT2D eigenvalue weighted by Crippen LogP contribution is 2.27. The van der Waals surface area contributed by atoms with Crippen LogP contribution in [0.15, 0.2) is 36.4 Å². The molecule has 0 spiro atoms. The molecule has 0 atom stereocenters. The molecule has 112 valence electrons. The predicted molar refractivity (Wildman–Crippen MR) is 91.4 cm³/mol. The van der Waals surface area contributed by atoms with Crippen LogP contribution in [-0.4, -0.2) is 14.5 Å². The molecule has 5 heteroatoms. The van der Waals surface area contributed by atoms with Crippen molar-refractivity contribution in [3.05, 3.63) is 53.3 Å². The van der Waals surface area contributed by atoms with Crippen LogP contribution in [-0.2, 0) is 6.54 Å². The number of imidazole rings is 1. The third-order valence-corrected chi connectivity index (χ3v) is 3.89. The van der Waals surface area contributed by atoms with Crippen LogP contribution in [0.25, 0.3) is 22.4 Å². The third-order valence-electron chi connectivity index (χ3n) is 3.76. The highest BCUT2D eigenvalue weighted by atomic mass is 32.1. The first-order chi connectivity index (χ1) is 10.5. The molecule has 3 nitrogen and oxygen atoms in total. The number of nitrogens with two attached hydrogens (primary N) is 1. The Balaban J connectivity index is 2.30. The van der Waals surface area contributed by atoms with Crippen LogP contribution in [0.2, 0.25) is 0 Å². The standard InChI is InChI=1S/C17H16FN3S/c1-10-6-14-15(7-11(10)2)21(9-16(19)22)17(20-14)12-4-3-5-13(18)8-12/h3-8H,9H2,1-2H3,(H2,19,22). The zero-order valence-corrected chi connectivity index (χ0v) is 13.2. The fourth-order valence-electron chi connectivity index (χ4n) is 2.54. The van der Waals surface area contributed by atoms with Crippen LogP contribution >= 0.6 is 12.2 Å². The molecule has 1 heterocycles. The minimum absolute atomic E-state index is 0.293. The molecule has 0 amide bonds. The molecule has 0 fully saturated rings. The Morgan fingerprint density at radius 2 is 1.95 bits per heavy atom. The maximum absolute atomic E-state index is 13.5. The smallest absolute Gasteiger partial charge is 0.141 e. The van der Waals surface area contributed by atoms with Crippen molar-refractivity contribution in [1.29, 1.82) is 0 Å². The van der Waals surface area contributed by atoms with E-state index in [1.165, 1.54) is 23.3 Å². The molecule has 0 radical (unpaired) electrons. The first-order valence-corrected chi connectivity index (χ1v) is 7.38. The topological polar surface area (TPSA) is 43.8 Å². The summed E-state index contributed by atoms with van der Waals surface area (Å²) in [4.78, 5) is 5.03. The molecule has 2 N–H and O–H groups in total. The van der Waals surface area contributed by atoms with Crippen LogP contribution in [0, 0.1) is 19.7 Å². The molecular weight excluding hydrogens is 297 g/mol. The van der Waals surface area contributed by atoms with Gasteiger partial charge in [-0.05, 0) is 49.2 Å². The number of rotatable bonds is 3. The van der Waals surface area contributed by atoms with Gasteiger partial charge in [-0.2, -0.15) is 0 Å². The van der Waals surface area contributed by atoms with Crippen LogP contribution < -0.4 is 5.73 Å². The summed E-state index contributed by atoms with van der Waals surface area (Å²) in [5.41, 5.74) is 10.6. The molecule has 2 aromatic carbocycles. The molecule has 0 saturated heterocycles. The number of halogens is 1. The maximum atomic E-state index is 13.5. The van der Waals surface area contributed by atoms with Gasteiger partial charge in [-0.15, -0.1) is 0 Å². The normalized spacial score (nSPS) is 11.0. The maximum Gasteiger partial charge on any atom is 0.141 e. The molecule has 0 aliphatic carbocycles. The highest BCUT2D eigenvalue weighted by molar-refractivity contribution is 7.80. The first-order valence-electron chi connectivity index (χ1n) is 6.97. The van der Waals surface area contributed by atoms with Gasteiger partial charge in [0.1, 0.15) is 11.6 Å². The molecule has 0 saturated carbocycles. The molecule has 0 bridgehead atoms. The van der Waals surface area contributed by atoms with Gasteiger partial charge >= 0.3 is 0 Å². The number of fused-ring (bicyclic) bond motifs is 1. The number of aromatic nitrogens is 2. The number of aryl methyl sites for hydroxylation is 2. The second-order valence-corrected chi connectivity index (χ2v) is 5.95. The Bertz CT molecular complexity index is 883. The summed E-state index contributed by atoms with van der Waals surface area (Å²) < 4.78 is 15.5. The summed E-state index contributed by atoms with van der Waals surface area (Å²) in [6, 6.07) is 10.5. The minimum atomic E-state index is -0.293. The summed E-state index contributed by atoms with van der Waals surface area (Å²) in [7, 11) is 0. The van der Waals surface area contributed by atoms with Crippen molar-refractivity contribution >= 4 is 28.2 Å². The lowest BCUT2D eigenvalue weighted by Crippen LogP contribution is -2.17. The SMILES string of the molecule is Cc1cc2nc(-c3cccc(F)c3)n(CC(N)=S)c2cc1C. The van der Waals surface area contributed by atoms with Crippen LogP contribution in [0.5, 0.6) is 0 Å². The molecule has 0 unspecified atom stereocenters. The Morgan fingerprint density at radius 1 is 1.23 bits per heavy atom. The van der Waals surface area contributed by atoms with Gasteiger partial charge in [-0.1, -0.05) is 24.4 Å². The van der Waals surface area contributed by atoms with Gasteiger partial charge in [-0.25, -0.2) is 9.37 Å². The van der Waals surface area contributed by atoms with Crippen molar-refractivity contribution in [2.24, 2.45) is 5.73 Å². The van der Waals surface area contributed by atoms with Crippen molar-refractivity contribution in [3.8, 4) is 11.4 Å². The van der Waals surface area contributed by atoms with Gasteiger partial charge in [0.25, 0.3) is 0 Å². The predicted octanol–water partition coefficient (Wildman–Crippen LogP) is 3.75.